The van der Waals surface area contributed by atoms with Gasteiger partial charge in [-0.15, -0.1) is 0 Å². The van der Waals surface area contributed by atoms with Gasteiger partial charge in [0, 0.05) is 31.2 Å². The average Bonchev–Trinajstić information content (AvgIpc) is 3.08. The standard InChI is InChI=1S/C15H20FNO2/c16-13-5-12(8-17-14-1-2-14)6-15(7-13)19-10-11-3-4-18-9-11/h5-7,11,14,17H,1-4,8-10H2. The molecular formula is C15H20FNO2. The molecule has 1 aromatic carbocycles. The molecule has 1 atom stereocenters. The molecule has 1 aliphatic carbocycles. The summed E-state index contributed by atoms with van der Waals surface area (Å²) in [6.07, 6.45) is 3.51. The number of benzene rings is 1. The summed E-state index contributed by atoms with van der Waals surface area (Å²) >= 11 is 0. The fourth-order valence-corrected chi connectivity index (χ4v) is 2.28. The van der Waals surface area contributed by atoms with Gasteiger partial charge in [0.1, 0.15) is 11.6 Å². The fourth-order valence-electron chi connectivity index (χ4n) is 2.28. The van der Waals surface area contributed by atoms with Crippen LogP contribution in [-0.4, -0.2) is 25.9 Å². The van der Waals surface area contributed by atoms with E-state index < -0.39 is 0 Å². The lowest BCUT2D eigenvalue weighted by Crippen LogP contribution is -2.16. The summed E-state index contributed by atoms with van der Waals surface area (Å²) in [6, 6.07) is 5.58. The van der Waals surface area contributed by atoms with Crippen LogP contribution in [-0.2, 0) is 11.3 Å². The Balaban J connectivity index is 1.56. The molecule has 3 rings (SSSR count). The summed E-state index contributed by atoms with van der Waals surface area (Å²) in [6.45, 7) is 2.89. The first-order chi connectivity index (χ1) is 9.29. The predicted molar refractivity (Wildman–Crippen MR) is 70.7 cm³/mol. The minimum atomic E-state index is -0.229. The molecule has 1 heterocycles. The minimum absolute atomic E-state index is 0.229. The Morgan fingerprint density at radius 2 is 2.16 bits per heavy atom. The third-order valence-electron chi connectivity index (χ3n) is 3.61. The van der Waals surface area contributed by atoms with Gasteiger partial charge in [-0.05, 0) is 37.0 Å². The van der Waals surface area contributed by atoms with Crippen molar-refractivity contribution < 1.29 is 13.9 Å². The highest BCUT2D eigenvalue weighted by atomic mass is 19.1. The Morgan fingerprint density at radius 3 is 2.89 bits per heavy atom. The zero-order chi connectivity index (χ0) is 13.1. The van der Waals surface area contributed by atoms with Crippen LogP contribution in [0.3, 0.4) is 0 Å². The van der Waals surface area contributed by atoms with E-state index in [0.717, 1.165) is 25.2 Å². The van der Waals surface area contributed by atoms with Crippen molar-refractivity contribution in [1.82, 2.24) is 5.32 Å². The molecule has 3 nitrogen and oxygen atoms in total. The predicted octanol–water partition coefficient (Wildman–Crippen LogP) is 2.49. The smallest absolute Gasteiger partial charge is 0.127 e. The van der Waals surface area contributed by atoms with E-state index in [0.29, 0.717) is 30.9 Å². The van der Waals surface area contributed by atoms with E-state index >= 15 is 0 Å². The van der Waals surface area contributed by atoms with Gasteiger partial charge in [0.25, 0.3) is 0 Å². The van der Waals surface area contributed by atoms with E-state index in [9.17, 15) is 4.39 Å². The normalized spacial score (nSPS) is 22.7. The quantitative estimate of drug-likeness (QED) is 0.857. The second-order valence-electron chi connectivity index (χ2n) is 5.49. The van der Waals surface area contributed by atoms with Gasteiger partial charge in [0.15, 0.2) is 0 Å². The third-order valence-corrected chi connectivity index (χ3v) is 3.61. The molecule has 1 N–H and O–H groups in total. The van der Waals surface area contributed by atoms with Crippen LogP contribution >= 0.6 is 0 Å². The second kappa shape index (κ2) is 5.88. The maximum absolute atomic E-state index is 13.5. The minimum Gasteiger partial charge on any atom is -0.493 e. The van der Waals surface area contributed by atoms with E-state index in [4.69, 9.17) is 9.47 Å². The summed E-state index contributed by atoms with van der Waals surface area (Å²) in [5, 5.41) is 3.38. The van der Waals surface area contributed by atoms with E-state index in [1.54, 1.807) is 6.07 Å². The molecule has 0 bridgehead atoms. The monoisotopic (exact) mass is 265 g/mol. The second-order valence-corrected chi connectivity index (χ2v) is 5.49. The van der Waals surface area contributed by atoms with Gasteiger partial charge in [-0.1, -0.05) is 0 Å². The third kappa shape index (κ3) is 3.91. The first kappa shape index (κ1) is 12.9. The molecular weight excluding hydrogens is 245 g/mol. The molecule has 1 aliphatic heterocycles. The Labute approximate surface area is 113 Å². The lowest BCUT2D eigenvalue weighted by Gasteiger charge is -2.12. The van der Waals surface area contributed by atoms with Crippen molar-refractivity contribution >= 4 is 0 Å². The van der Waals surface area contributed by atoms with Crippen molar-refractivity contribution in [2.45, 2.75) is 31.8 Å². The molecule has 0 aromatic heterocycles. The van der Waals surface area contributed by atoms with Gasteiger partial charge in [-0.25, -0.2) is 4.39 Å². The molecule has 1 aromatic rings. The molecule has 0 amide bonds. The van der Waals surface area contributed by atoms with E-state index in [2.05, 4.69) is 5.32 Å². The van der Waals surface area contributed by atoms with Crippen LogP contribution in [0, 0.1) is 11.7 Å². The Morgan fingerprint density at radius 1 is 1.26 bits per heavy atom. The van der Waals surface area contributed by atoms with Crippen LogP contribution in [0.5, 0.6) is 5.75 Å². The highest BCUT2D eigenvalue weighted by molar-refractivity contribution is 5.29. The zero-order valence-electron chi connectivity index (χ0n) is 11.0. The largest absolute Gasteiger partial charge is 0.493 e. The van der Waals surface area contributed by atoms with Crippen LogP contribution < -0.4 is 10.1 Å². The number of hydrogen-bond donors (Lipinski definition) is 1. The zero-order valence-corrected chi connectivity index (χ0v) is 11.0. The van der Waals surface area contributed by atoms with Crippen LogP contribution in [0.1, 0.15) is 24.8 Å². The first-order valence-electron chi connectivity index (χ1n) is 7.03. The molecule has 0 spiro atoms. The Hall–Kier alpha value is -1.13. The van der Waals surface area contributed by atoms with Crippen molar-refractivity contribution in [3.05, 3.63) is 29.6 Å². The molecule has 2 fully saturated rings. The van der Waals surface area contributed by atoms with Gasteiger partial charge < -0.3 is 14.8 Å². The van der Waals surface area contributed by atoms with Gasteiger partial charge in [0.05, 0.1) is 13.2 Å². The van der Waals surface area contributed by atoms with Gasteiger partial charge in [-0.3, -0.25) is 0 Å². The van der Waals surface area contributed by atoms with Crippen LogP contribution in [0.4, 0.5) is 4.39 Å². The summed E-state index contributed by atoms with van der Waals surface area (Å²) in [5.41, 5.74) is 0.949. The highest BCUT2D eigenvalue weighted by Crippen LogP contribution is 2.22. The van der Waals surface area contributed by atoms with Crippen LogP contribution in [0.2, 0.25) is 0 Å². The molecule has 1 saturated carbocycles. The van der Waals surface area contributed by atoms with Crippen LogP contribution in [0.25, 0.3) is 0 Å². The number of ether oxygens (including phenoxy) is 2. The maximum Gasteiger partial charge on any atom is 0.127 e. The summed E-state index contributed by atoms with van der Waals surface area (Å²) in [4.78, 5) is 0. The number of halogens is 1. The summed E-state index contributed by atoms with van der Waals surface area (Å²) in [7, 11) is 0. The molecule has 0 radical (unpaired) electrons. The van der Waals surface area contributed by atoms with E-state index in [-0.39, 0.29) is 5.82 Å². The van der Waals surface area contributed by atoms with Crippen molar-refractivity contribution in [1.29, 1.82) is 0 Å². The first-order valence-corrected chi connectivity index (χ1v) is 7.03. The van der Waals surface area contributed by atoms with Crippen molar-refractivity contribution in [3.63, 3.8) is 0 Å². The molecule has 19 heavy (non-hydrogen) atoms. The van der Waals surface area contributed by atoms with Crippen LogP contribution in [0.15, 0.2) is 18.2 Å². The van der Waals surface area contributed by atoms with Crippen molar-refractivity contribution in [2.24, 2.45) is 5.92 Å². The lowest BCUT2D eigenvalue weighted by molar-refractivity contribution is 0.167. The molecule has 2 aliphatic rings. The topological polar surface area (TPSA) is 30.5 Å². The SMILES string of the molecule is Fc1cc(CNC2CC2)cc(OCC2CCOC2)c1. The van der Waals surface area contributed by atoms with E-state index in [1.807, 2.05) is 6.07 Å². The highest BCUT2D eigenvalue weighted by Gasteiger charge is 2.20. The van der Waals surface area contributed by atoms with Gasteiger partial charge >= 0.3 is 0 Å². The molecule has 4 heteroatoms. The maximum atomic E-state index is 13.5. The number of hydrogen-bond acceptors (Lipinski definition) is 3. The van der Waals surface area contributed by atoms with E-state index in [1.165, 1.54) is 18.9 Å². The molecule has 1 saturated heterocycles. The number of rotatable bonds is 6. The molecule has 1 unspecified atom stereocenters. The van der Waals surface area contributed by atoms with Crippen molar-refractivity contribution in [2.75, 3.05) is 19.8 Å². The van der Waals surface area contributed by atoms with Gasteiger partial charge in [0.2, 0.25) is 0 Å². The Kier molecular flexibility index (Phi) is 3.99. The van der Waals surface area contributed by atoms with Crippen molar-refractivity contribution in [3.8, 4) is 5.75 Å². The fraction of sp³-hybridized carbons (Fsp3) is 0.600. The lowest BCUT2D eigenvalue weighted by atomic mass is 10.1. The van der Waals surface area contributed by atoms with Gasteiger partial charge in [-0.2, -0.15) is 0 Å². The Bertz CT molecular complexity index is 428. The summed E-state index contributed by atoms with van der Waals surface area (Å²) in [5.74, 6) is 0.837. The molecule has 104 valence electrons. The number of nitrogens with one attached hydrogen (secondary N) is 1. The summed E-state index contributed by atoms with van der Waals surface area (Å²) < 4.78 is 24.5. The average molecular weight is 265 g/mol.